The van der Waals surface area contributed by atoms with Crippen LogP contribution in [0.2, 0.25) is 0 Å². The summed E-state index contributed by atoms with van der Waals surface area (Å²) >= 11 is 0. The highest BCUT2D eigenvalue weighted by Gasteiger charge is 2.29. The molecule has 16 nitrogen and oxygen atoms in total. The van der Waals surface area contributed by atoms with Crippen molar-refractivity contribution in [3.63, 3.8) is 0 Å². The Morgan fingerprint density at radius 3 is 0.718 bits per heavy atom. The largest absolute Gasteiger partial charge is 0.472 e. The van der Waals surface area contributed by atoms with E-state index in [9.17, 15) is 43.5 Å². The molecule has 0 aromatic carbocycles. The van der Waals surface area contributed by atoms with Gasteiger partial charge in [0.15, 0.2) is 6.10 Å². The van der Waals surface area contributed by atoms with Gasteiger partial charge in [-0.2, -0.15) is 0 Å². The third kappa shape index (κ3) is 91.5. The molecule has 0 spiro atoms. The van der Waals surface area contributed by atoms with Crippen LogP contribution in [0.25, 0.3) is 0 Å². The summed E-state index contributed by atoms with van der Waals surface area (Å²) in [4.78, 5) is 59.1. The van der Waals surface area contributed by atoms with E-state index in [-0.39, 0.29) is 19.3 Å². The van der Waals surface area contributed by atoms with Crippen molar-refractivity contribution in [2.45, 2.75) is 399 Å². The van der Waals surface area contributed by atoms with Gasteiger partial charge < -0.3 is 34.2 Å². The standard InChI is InChI=1S/C99H168O16P2/c1-4-7-10-13-16-19-22-25-28-31-34-37-40-43-45-46-48-51-52-55-58-61-64-67-70-73-76-79-82-85-97(102)109-88-94(100)89-111-116(105,106)112-90-95(101)91-113-117(107,108)114-93-96(115-99(104)87-84-81-78-75-72-69-66-63-60-57-54-49-42-39-36-33-30-27-24-21-18-15-12-9-6-3)92-110-98(103)86-83-80-77-74-71-68-65-62-59-56-53-50-47-44-41-38-35-32-29-26-23-20-17-14-11-8-5-2/h7,9-10,12,16-21,25-30,34-39,43-45,47,49,54,94-96,100-101H,4-6,8,11,13-15,22-24,31-33,40-42,46,48,50-53,55-93H2,1-3H3,(H,105,106)(H,107,108)/b10-7-,12-9-,19-16-,20-17-,21-18-,28-25-,29-26-,30-27-,37-34-,38-35-,39-36-,45-43-,47-44-,54-49-. The van der Waals surface area contributed by atoms with Crippen molar-refractivity contribution < 1.29 is 75.8 Å². The van der Waals surface area contributed by atoms with Crippen molar-refractivity contribution in [2.75, 3.05) is 39.6 Å². The zero-order valence-corrected chi connectivity index (χ0v) is 75.6. The minimum Gasteiger partial charge on any atom is -0.463 e. The van der Waals surface area contributed by atoms with Crippen LogP contribution in [-0.2, 0) is 55.8 Å². The molecule has 0 amide bonds. The fourth-order valence-corrected chi connectivity index (χ4v) is 14.0. The molecule has 117 heavy (non-hydrogen) atoms. The molecule has 0 aliphatic heterocycles. The first-order chi connectivity index (χ1) is 57.2. The summed E-state index contributed by atoms with van der Waals surface area (Å²) in [7, 11) is -9.82. The van der Waals surface area contributed by atoms with Gasteiger partial charge in [-0.25, -0.2) is 9.13 Å². The van der Waals surface area contributed by atoms with Gasteiger partial charge in [-0.15, -0.1) is 0 Å². The lowest BCUT2D eigenvalue weighted by molar-refractivity contribution is -0.161. The fourth-order valence-electron chi connectivity index (χ4n) is 12.4. The topological polar surface area (TPSA) is 231 Å². The lowest BCUT2D eigenvalue weighted by Gasteiger charge is -2.21. The van der Waals surface area contributed by atoms with Crippen LogP contribution in [0.1, 0.15) is 380 Å². The zero-order chi connectivity index (χ0) is 85.1. The minimum atomic E-state index is -4.95. The summed E-state index contributed by atoms with van der Waals surface area (Å²) < 4.78 is 61.5. The maximum Gasteiger partial charge on any atom is 0.472 e. The first kappa shape index (κ1) is 112. The molecule has 0 aromatic heterocycles. The van der Waals surface area contributed by atoms with E-state index in [0.717, 1.165) is 173 Å². The number of carbonyl (C=O) groups excluding carboxylic acids is 3. The Morgan fingerprint density at radius 2 is 0.453 bits per heavy atom. The van der Waals surface area contributed by atoms with Crippen molar-refractivity contribution in [1.82, 2.24) is 0 Å². The second kappa shape index (κ2) is 90.2. The summed E-state index contributed by atoms with van der Waals surface area (Å²) in [6, 6.07) is 0. The first-order valence-electron chi connectivity index (χ1n) is 46.4. The highest BCUT2D eigenvalue weighted by molar-refractivity contribution is 7.47. The number of phosphoric ester groups is 2. The molecule has 5 atom stereocenters. The Hall–Kier alpha value is -5.09. The third-order valence-electron chi connectivity index (χ3n) is 19.4. The Balaban J connectivity index is 4.66. The van der Waals surface area contributed by atoms with Crippen LogP contribution in [0, 0.1) is 0 Å². The molecule has 0 rings (SSSR count). The van der Waals surface area contributed by atoms with E-state index >= 15 is 0 Å². The van der Waals surface area contributed by atoms with E-state index in [4.69, 9.17) is 32.3 Å². The Morgan fingerprint density at radius 1 is 0.248 bits per heavy atom. The van der Waals surface area contributed by atoms with E-state index < -0.39 is 91.5 Å². The number of allylic oxidation sites excluding steroid dienone is 28. The zero-order valence-electron chi connectivity index (χ0n) is 73.8. The molecule has 18 heteroatoms. The van der Waals surface area contributed by atoms with Crippen LogP contribution in [-0.4, -0.2) is 95.9 Å². The van der Waals surface area contributed by atoms with Crippen LogP contribution in [0.4, 0.5) is 0 Å². The summed E-state index contributed by atoms with van der Waals surface area (Å²) in [5, 5.41) is 20.7. The van der Waals surface area contributed by atoms with Crippen molar-refractivity contribution in [2.24, 2.45) is 0 Å². The normalized spacial score (nSPS) is 14.6. The summed E-state index contributed by atoms with van der Waals surface area (Å²) in [5.41, 5.74) is 0. The molecule has 0 radical (unpaired) electrons. The van der Waals surface area contributed by atoms with Gasteiger partial charge in [-0.05, 0) is 154 Å². The van der Waals surface area contributed by atoms with Crippen LogP contribution in [0.3, 0.4) is 0 Å². The third-order valence-corrected chi connectivity index (χ3v) is 21.3. The molecule has 5 unspecified atom stereocenters. The molecule has 0 heterocycles. The predicted octanol–water partition coefficient (Wildman–Crippen LogP) is 28.7. The molecule has 0 aromatic rings. The average molecular weight is 1680 g/mol. The van der Waals surface area contributed by atoms with Crippen LogP contribution < -0.4 is 0 Å². The van der Waals surface area contributed by atoms with Crippen LogP contribution in [0.15, 0.2) is 170 Å². The molecule has 0 saturated carbocycles. The van der Waals surface area contributed by atoms with Gasteiger partial charge in [0.05, 0.1) is 26.4 Å². The molecule has 0 fully saturated rings. The summed E-state index contributed by atoms with van der Waals surface area (Å²) in [6.45, 7) is 2.46. The van der Waals surface area contributed by atoms with E-state index in [0.29, 0.717) is 19.3 Å². The molecule has 670 valence electrons. The first-order valence-corrected chi connectivity index (χ1v) is 49.4. The molecular weight excluding hydrogens is 1510 g/mol. The van der Waals surface area contributed by atoms with Gasteiger partial charge in [0, 0.05) is 19.3 Å². The van der Waals surface area contributed by atoms with Crippen molar-refractivity contribution >= 4 is 33.6 Å². The Bertz CT molecular complexity index is 2810. The number of esters is 3. The Kier molecular flexibility index (Phi) is 86.2. The van der Waals surface area contributed by atoms with Gasteiger partial charge in [-0.1, -0.05) is 377 Å². The summed E-state index contributed by atoms with van der Waals surface area (Å²) in [5.74, 6) is -1.58. The molecule has 0 saturated heterocycles. The molecule has 0 aliphatic carbocycles. The Labute approximate surface area is 713 Å². The van der Waals surface area contributed by atoms with Gasteiger partial charge in [-0.3, -0.25) is 32.5 Å². The molecule has 0 aliphatic rings. The summed E-state index contributed by atoms with van der Waals surface area (Å²) in [6.07, 6.45) is 117. The van der Waals surface area contributed by atoms with E-state index in [1.165, 1.54) is 148 Å². The average Bonchev–Trinajstić information content (AvgIpc) is 0.904. The van der Waals surface area contributed by atoms with Gasteiger partial charge in [0.25, 0.3) is 0 Å². The van der Waals surface area contributed by atoms with Crippen molar-refractivity contribution in [1.29, 1.82) is 0 Å². The van der Waals surface area contributed by atoms with Crippen molar-refractivity contribution in [3.8, 4) is 0 Å². The number of hydrogen-bond donors (Lipinski definition) is 4. The van der Waals surface area contributed by atoms with Crippen LogP contribution in [0.5, 0.6) is 0 Å². The lowest BCUT2D eigenvalue weighted by atomic mass is 10.0. The maximum atomic E-state index is 13.1. The minimum absolute atomic E-state index is 0.0919. The van der Waals surface area contributed by atoms with E-state index in [2.05, 4.69) is 191 Å². The highest BCUT2D eigenvalue weighted by Crippen LogP contribution is 2.45. The predicted molar refractivity (Wildman–Crippen MR) is 491 cm³/mol. The molecule has 0 bridgehead atoms. The van der Waals surface area contributed by atoms with E-state index in [1.807, 2.05) is 0 Å². The number of unbranched alkanes of at least 4 members (excludes halogenated alkanes) is 36. The highest BCUT2D eigenvalue weighted by atomic mass is 31.2. The number of carbonyl (C=O) groups is 3. The monoisotopic (exact) mass is 1680 g/mol. The van der Waals surface area contributed by atoms with Gasteiger partial charge >= 0.3 is 33.6 Å². The lowest BCUT2D eigenvalue weighted by Crippen LogP contribution is -2.30. The molecule has 4 N–H and O–H groups in total. The van der Waals surface area contributed by atoms with Gasteiger partial charge in [0.1, 0.15) is 25.4 Å². The van der Waals surface area contributed by atoms with Crippen LogP contribution >= 0.6 is 15.6 Å². The van der Waals surface area contributed by atoms with E-state index in [1.54, 1.807) is 0 Å². The van der Waals surface area contributed by atoms with Gasteiger partial charge in [0.2, 0.25) is 0 Å². The number of hydrogen-bond acceptors (Lipinski definition) is 14. The fraction of sp³-hybridized carbons (Fsp3) is 0.687. The number of aliphatic hydroxyl groups is 2. The van der Waals surface area contributed by atoms with Crippen molar-refractivity contribution in [3.05, 3.63) is 170 Å². The second-order valence-corrected chi connectivity index (χ2v) is 33.6. The SMILES string of the molecule is CC/C=C\C/C=C\C/C=C\C/C=C\C/C=C\CCCCCCCCCCCCCCCC(=O)OCC(O)COP(=O)(O)OCC(O)COP(=O)(O)OCC(COC(=O)CCCCCCCCCCCCC/C=C\C/C=C\C/C=C\C/C=C\CCCCC)OC(=O)CCCCCCCCCCC/C=C\C/C=C\C/C=C\C/C=C\C/C=C\CC. The smallest absolute Gasteiger partial charge is 0.463 e. The number of phosphoric acid groups is 2. The molecular formula is C99H168O16P2. The number of ether oxygens (including phenoxy) is 3. The second-order valence-electron chi connectivity index (χ2n) is 30.7. The number of rotatable bonds is 87. The number of aliphatic hydroxyl groups excluding tert-OH is 2. The quantitative estimate of drug-likeness (QED) is 0.0146. The maximum absolute atomic E-state index is 13.1.